The number of rotatable bonds is 1. The molecule has 0 radical (unpaired) electrons. The monoisotopic (exact) mass is 330 g/mol. The highest BCUT2D eigenvalue weighted by Gasteiger charge is 2.44. The number of aliphatic hydroxyl groups excluding tert-OH is 1. The summed E-state index contributed by atoms with van der Waals surface area (Å²) >= 11 is 0. The third kappa shape index (κ3) is 3.30. The predicted octanol–water partition coefficient (Wildman–Crippen LogP) is 2.92. The summed E-state index contributed by atoms with van der Waals surface area (Å²) in [5, 5.41) is 10.2. The van der Waals surface area contributed by atoms with Gasteiger partial charge >= 0.3 is 6.18 Å². The molecule has 0 amide bonds. The molecule has 1 aromatic rings. The molecule has 2 fully saturated rings. The van der Waals surface area contributed by atoms with Crippen LogP contribution in [-0.2, 0) is 10.9 Å². The minimum Gasteiger partial charge on any atom is -0.390 e. The second kappa shape index (κ2) is 5.94. The van der Waals surface area contributed by atoms with Gasteiger partial charge in [0, 0.05) is 25.4 Å². The van der Waals surface area contributed by atoms with Crippen LogP contribution in [0, 0.1) is 6.92 Å². The average molecular weight is 330 g/mol. The van der Waals surface area contributed by atoms with Crippen molar-refractivity contribution < 1.29 is 23.0 Å². The first-order valence-corrected chi connectivity index (χ1v) is 7.93. The molecule has 3 rings (SSSR count). The number of aromatic nitrogens is 1. The van der Waals surface area contributed by atoms with Crippen LogP contribution in [0.25, 0.3) is 0 Å². The molecule has 128 valence electrons. The van der Waals surface area contributed by atoms with Gasteiger partial charge in [0.2, 0.25) is 0 Å². The zero-order valence-corrected chi connectivity index (χ0v) is 13.1. The third-order valence-corrected chi connectivity index (χ3v) is 4.82. The number of aryl methyl sites for hydroxylation is 1. The van der Waals surface area contributed by atoms with Crippen LogP contribution in [0.1, 0.15) is 36.9 Å². The molecule has 0 saturated carbocycles. The molecule has 2 aliphatic heterocycles. The number of halogens is 3. The number of nitrogens with zero attached hydrogens (tertiary/aromatic N) is 2. The van der Waals surface area contributed by atoms with E-state index in [1.165, 1.54) is 0 Å². The number of alkyl halides is 3. The second-order valence-corrected chi connectivity index (χ2v) is 6.41. The molecule has 1 N–H and O–H groups in total. The molecular weight excluding hydrogens is 309 g/mol. The first-order valence-electron chi connectivity index (χ1n) is 7.93. The maximum Gasteiger partial charge on any atom is 0.416 e. The summed E-state index contributed by atoms with van der Waals surface area (Å²) in [6.45, 7) is 3.27. The lowest BCUT2D eigenvalue weighted by atomic mass is 9.82. The molecular formula is C16H21F3N2O2. The molecule has 7 heteroatoms. The smallest absolute Gasteiger partial charge is 0.390 e. The Balaban J connectivity index is 1.76. The fraction of sp³-hybridized carbons (Fsp3) is 0.688. The maximum absolute atomic E-state index is 13.0. The molecule has 2 saturated heterocycles. The van der Waals surface area contributed by atoms with Crippen molar-refractivity contribution in [2.24, 2.45) is 0 Å². The van der Waals surface area contributed by atoms with Crippen molar-refractivity contribution in [1.29, 1.82) is 0 Å². The van der Waals surface area contributed by atoms with Gasteiger partial charge in [-0.05, 0) is 44.7 Å². The number of aliphatic hydroxyl groups is 1. The molecule has 1 atom stereocenters. The molecule has 23 heavy (non-hydrogen) atoms. The van der Waals surface area contributed by atoms with Gasteiger partial charge in [0.05, 0.1) is 17.3 Å². The van der Waals surface area contributed by atoms with Gasteiger partial charge in [0.15, 0.2) is 0 Å². The molecule has 1 spiro atoms. The number of hydrogen-bond acceptors (Lipinski definition) is 4. The normalized spacial score (nSPS) is 24.9. The quantitative estimate of drug-likeness (QED) is 0.860. The van der Waals surface area contributed by atoms with Crippen molar-refractivity contribution in [2.45, 2.75) is 50.5 Å². The third-order valence-electron chi connectivity index (χ3n) is 4.82. The highest BCUT2D eigenvalue weighted by atomic mass is 19.4. The largest absolute Gasteiger partial charge is 0.416 e. The van der Waals surface area contributed by atoms with E-state index in [1.54, 1.807) is 6.92 Å². The maximum atomic E-state index is 13.0. The van der Waals surface area contributed by atoms with Crippen molar-refractivity contribution in [1.82, 2.24) is 4.98 Å². The fourth-order valence-corrected chi connectivity index (χ4v) is 3.48. The molecule has 0 unspecified atom stereocenters. The van der Waals surface area contributed by atoms with Gasteiger partial charge in [0.1, 0.15) is 5.82 Å². The van der Waals surface area contributed by atoms with Crippen molar-refractivity contribution in [2.75, 3.05) is 24.6 Å². The molecule has 0 aromatic carbocycles. The van der Waals surface area contributed by atoms with Crippen molar-refractivity contribution >= 4 is 5.82 Å². The van der Waals surface area contributed by atoms with Crippen LogP contribution in [0.15, 0.2) is 12.1 Å². The second-order valence-electron chi connectivity index (χ2n) is 6.41. The Morgan fingerprint density at radius 1 is 1.30 bits per heavy atom. The summed E-state index contributed by atoms with van der Waals surface area (Å²) in [5.41, 5.74) is -0.857. The van der Waals surface area contributed by atoms with Crippen molar-refractivity contribution in [3.05, 3.63) is 23.4 Å². The van der Waals surface area contributed by atoms with Gasteiger partial charge in [-0.2, -0.15) is 13.2 Å². The standard InChI is InChI=1S/C16H21F3N2O2/c1-11-9-12(16(17,18)19)10-14(20-11)21-6-4-15(5-7-21)13(22)3-2-8-23-15/h9-10,13,22H,2-8H2,1H3/t13-/m1/s1. The van der Waals surface area contributed by atoms with Gasteiger partial charge in [-0.25, -0.2) is 4.98 Å². The van der Waals surface area contributed by atoms with E-state index in [-0.39, 0.29) is 0 Å². The Bertz CT molecular complexity index is 569. The number of hydrogen-bond donors (Lipinski definition) is 1. The van der Waals surface area contributed by atoms with E-state index >= 15 is 0 Å². The van der Waals surface area contributed by atoms with Crippen molar-refractivity contribution in [3.63, 3.8) is 0 Å². The fourth-order valence-electron chi connectivity index (χ4n) is 3.48. The SMILES string of the molecule is Cc1cc(C(F)(F)F)cc(N2CCC3(CC2)OCCC[C@H]3O)n1. The Labute approximate surface area is 133 Å². The van der Waals surface area contributed by atoms with Crippen LogP contribution in [-0.4, -0.2) is 41.5 Å². The highest BCUT2D eigenvalue weighted by Crippen LogP contribution is 2.37. The Hall–Kier alpha value is -1.34. The van der Waals surface area contributed by atoms with Gasteiger partial charge in [-0.15, -0.1) is 0 Å². The topological polar surface area (TPSA) is 45.6 Å². The lowest BCUT2D eigenvalue weighted by Gasteiger charge is -2.47. The first kappa shape index (κ1) is 16.5. The van der Waals surface area contributed by atoms with Crippen LogP contribution < -0.4 is 4.90 Å². The summed E-state index contributed by atoms with van der Waals surface area (Å²) < 4.78 is 44.7. The van der Waals surface area contributed by atoms with Gasteiger partial charge in [0.25, 0.3) is 0 Å². The zero-order chi connectivity index (χ0) is 16.7. The lowest BCUT2D eigenvalue weighted by molar-refractivity contribution is -0.164. The van der Waals surface area contributed by atoms with Crippen molar-refractivity contribution in [3.8, 4) is 0 Å². The van der Waals surface area contributed by atoms with E-state index in [2.05, 4.69) is 4.98 Å². The first-order chi connectivity index (χ1) is 10.8. The van der Waals surface area contributed by atoms with Crippen LogP contribution >= 0.6 is 0 Å². The molecule has 2 aliphatic rings. The number of pyridine rings is 1. The highest BCUT2D eigenvalue weighted by molar-refractivity contribution is 5.44. The van der Waals surface area contributed by atoms with Crippen LogP contribution in [0.5, 0.6) is 0 Å². The number of piperidine rings is 1. The van der Waals surface area contributed by atoms with Gasteiger partial charge in [-0.3, -0.25) is 0 Å². The van der Waals surface area contributed by atoms with Crippen LogP contribution in [0.2, 0.25) is 0 Å². The van der Waals surface area contributed by atoms with E-state index in [0.717, 1.165) is 25.0 Å². The summed E-state index contributed by atoms with van der Waals surface area (Å²) in [5.74, 6) is 0.345. The van der Waals surface area contributed by atoms with E-state index in [4.69, 9.17) is 4.74 Å². The molecule has 0 aliphatic carbocycles. The van der Waals surface area contributed by atoms with Crippen LogP contribution in [0.3, 0.4) is 0 Å². The summed E-state index contributed by atoms with van der Waals surface area (Å²) in [4.78, 5) is 6.09. The van der Waals surface area contributed by atoms with E-state index in [1.807, 2.05) is 4.90 Å². The average Bonchev–Trinajstić information content (AvgIpc) is 2.50. The predicted molar refractivity (Wildman–Crippen MR) is 79.3 cm³/mol. The molecule has 0 bridgehead atoms. The summed E-state index contributed by atoms with van der Waals surface area (Å²) in [6.07, 6.45) is -2.09. The van der Waals surface area contributed by atoms with E-state index in [9.17, 15) is 18.3 Å². The minimum absolute atomic E-state index is 0.345. The summed E-state index contributed by atoms with van der Waals surface area (Å²) in [7, 11) is 0. The number of anilines is 1. The molecule has 4 nitrogen and oxygen atoms in total. The van der Waals surface area contributed by atoms with Gasteiger partial charge < -0.3 is 14.7 Å². The minimum atomic E-state index is -4.37. The Morgan fingerprint density at radius 2 is 2.00 bits per heavy atom. The Morgan fingerprint density at radius 3 is 2.61 bits per heavy atom. The zero-order valence-electron chi connectivity index (χ0n) is 13.1. The van der Waals surface area contributed by atoms with Crippen LogP contribution in [0.4, 0.5) is 19.0 Å². The molecule has 3 heterocycles. The molecule has 1 aromatic heterocycles. The Kier molecular flexibility index (Phi) is 4.27. The summed E-state index contributed by atoms with van der Waals surface area (Å²) in [6, 6.07) is 2.16. The van der Waals surface area contributed by atoms with E-state index < -0.39 is 23.4 Å². The van der Waals surface area contributed by atoms with Gasteiger partial charge in [-0.1, -0.05) is 0 Å². The number of ether oxygens (including phenoxy) is 1. The lowest BCUT2D eigenvalue weighted by Crippen LogP contribution is -2.55. The van der Waals surface area contributed by atoms with E-state index in [0.29, 0.717) is 44.0 Å².